The van der Waals surface area contributed by atoms with E-state index in [1.54, 1.807) is 30.3 Å². The second-order valence-corrected chi connectivity index (χ2v) is 5.89. The summed E-state index contributed by atoms with van der Waals surface area (Å²) in [5.41, 5.74) is 1.91. The van der Waals surface area contributed by atoms with Gasteiger partial charge < -0.3 is 4.74 Å². The summed E-state index contributed by atoms with van der Waals surface area (Å²) in [6.07, 6.45) is 1.73. The number of halogens is 1. The third kappa shape index (κ3) is 2.82. The molecule has 3 aromatic rings. The van der Waals surface area contributed by atoms with E-state index in [0.29, 0.717) is 10.9 Å². The van der Waals surface area contributed by atoms with Gasteiger partial charge in [-0.15, -0.1) is 0 Å². The van der Waals surface area contributed by atoms with Crippen LogP contribution in [-0.4, -0.2) is 11.9 Å². The molecule has 116 valence electrons. The van der Waals surface area contributed by atoms with Gasteiger partial charge in [-0.1, -0.05) is 48.0 Å². The Morgan fingerprint density at radius 1 is 0.917 bits per heavy atom. The van der Waals surface area contributed by atoms with Gasteiger partial charge in [-0.2, -0.15) is 0 Å². The summed E-state index contributed by atoms with van der Waals surface area (Å²) in [5.74, 6) is -0.156. The number of hydrogen-bond acceptors (Lipinski definition) is 3. The van der Waals surface area contributed by atoms with E-state index in [1.807, 2.05) is 42.5 Å². The van der Waals surface area contributed by atoms with Crippen molar-refractivity contribution in [3.63, 3.8) is 0 Å². The average molecular weight is 334 g/mol. The van der Waals surface area contributed by atoms with Gasteiger partial charge in [0.15, 0.2) is 5.70 Å². The standard InChI is InChI=1S/C20H12ClNO2/c21-17-9-7-15(8-10-17)19-22-18(20(23)24-19)12-13-5-6-14-3-1-2-4-16(14)11-13/h1-12H/b18-12-. The van der Waals surface area contributed by atoms with Gasteiger partial charge >= 0.3 is 5.97 Å². The van der Waals surface area contributed by atoms with Crippen molar-refractivity contribution in [3.05, 3.63) is 88.6 Å². The average Bonchev–Trinajstić information content (AvgIpc) is 2.96. The summed E-state index contributed by atoms with van der Waals surface area (Å²) in [7, 11) is 0. The molecule has 1 heterocycles. The van der Waals surface area contributed by atoms with E-state index < -0.39 is 5.97 Å². The van der Waals surface area contributed by atoms with Crippen LogP contribution in [0.4, 0.5) is 0 Å². The number of carbonyl (C=O) groups excluding carboxylic acids is 1. The van der Waals surface area contributed by atoms with E-state index in [1.165, 1.54) is 0 Å². The lowest BCUT2D eigenvalue weighted by Gasteiger charge is -1.99. The highest BCUT2D eigenvalue weighted by atomic mass is 35.5. The first-order valence-corrected chi connectivity index (χ1v) is 7.84. The minimum absolute atomic E-state index is 0.287. The largest absolute Gasteiger partial charge is 0.402 e. The molecule has 0 saturated carbocycles. The second-order valence-electron chi connectivity index (χ2n) is 5.45. The summed E-state index contributed by atoms with van der Waals surface area (Å²) in [6, 6.07) is 21.1. The molecule has 24 heavy (non-hydrogen) atoms. The highest BCUT2D eigenvalue weighted by Gasteiger charge is 2.24. The minimum atomic E-state index is -0.451. The smallest absolute Gasteiger partial charge is 0.363 e. The molecule has 3 aromatic carbocycles. The lowest BCUT2D eigenvalue weighted by atomic mass is 10.1. The first-order valence-electron chi connectivity index (χ1n) is 7.46. The monoisotopic (exact) mass is 333 g/mol. The number of esters is 1. The highest BCUT2D eigenvalue weighted by Crippen LogP contribution is 2.22. The Balaban J connectivity index is 1.70. The van der Waals surface area contributed by atoms with Gasteiger partial charge in [0, 0.05) is 10.6 Å². The Morgan fingerprint density at radius 3 is 2.46 bits per heavy atom. The summed E-state index contributed by atoms with van der Waals surface area (Å²) in [5, 5.41) is 2.88. The molecular formula is C20H12ClNO2. The number of rotatable bonds is 2. The molecule has 0 aromatic heterocycles. The van der Waals surface area contributed by atoms with E-state index >= 15 is 0 Å². The Bertz CT molecular complexity index is 1000. The summed E-state index contributed by atoms with van der Waals surface area (Å²) in [4.78, 5) is 16.4. The van der Waals surface area contributed by atoms with Crippen LogP contribution in [0.3, 0.4) is 0 Å². The topological polar surface area (TPSA) is 38.7 Å². The van der Waals surface area contributed by atoms with Gasteiger partial charge in [-0.3, -0.25) is 0 Å². The molecule has 0 bridgehead atoms. The van der Waals surface area contributed by atoms with Crippen molar-refractivity contribution >= 4 is 40.3 Å². The van der Waals surface area contributed by atoms with Crippen LogP contribution >= 0.6 is 11.6 Å². The molecule has 0 fully saturated rings. The van der Waals surface area contributed by atoms with Crippen LogP contribution < -0.4 is 0 Å². The molecule has 0 radical (unpaired) electrons. The molecule has 0 spiro atoms. The molecule has 0 N–H and O–H groups in total. The molecule has 1 aliphatic rings. The van der Waals surface area contributed by atoms with Gasteiger partial charge in [0.05, 0.1) is 0 Å². The number of carbonyl (C=O) groups is 1. The molecule has 0 unspecified atom stereocenters. The van der Waals surface area contributed by atoms with Crippen LogP contribution in [0, 0.1) is 0 Å². The molecular weight excluding hydrogens is 322 g/mol. The van der Waals surface area contributed by atoms with Crippen LogP contribution in [0.25, 0.3) is 16.8 Å². The first-order chi connectivity index (χ1) is 11.7. The van der Waals surface area contributed by atoms with Crippen LogP contribution in [-0.2, 0) is 9.53 Å². The number of ether oxygens (including phenoxy) is 1. The molecule has 0 saturated heterocycles. The van der Waals surface area contributed by atoms with Crippen molar-refractivity contribution in [3.8, 4) is 0 Å². The Labute approximate surface area is 143 Å². The molecule has 0 amide bonds. The Morgan fingerprint density at radius 2 is 1.67 bits per heavy atom. The number of cyclic esters (lactones) is 1. The fraction of sp³-hybridized carbons (Fsp3) is 0. The van der Waals surface area contributed by atoms with E-state index in [9.17, 15) is 4.79 Å². The molecule has 3 nitrogen and oxygen atoms in total. The molecule has 0 atom stereocenters. The fourth-order valence-electron chi connectivity index (χ4n) is 2.58. The number of fused-ring (bicyclic) bond motifs is 1. The van der Waals surface area contributed by atoms with Crippen molar-refractivity contribution in [2.75, 3.05) is 0 Å². The van der Waals surface area contributed by atoms with Crippen LogP contribution in [0.15, 0.2) is 77.4 Å². The van der Waals surface area contributed by atoms with Gasteiger partial charge in [0.1, 0.15) is 0 Å². The molecule has 1 aliphatic heterocycles. The molecule has 0 aliphatic carbocycles. The van der Waals surface area contributed by atoms with Crippen LogP contribution in [0.5, 0.6) is 0 Å². The number of nitrogens with zero attached hydrogens (tertiary/aromatic N) is 1. The zero-order valence-corrected chi connectivity index (χ0v) is 13.3. The normalized spacial score (nSPS) is 15.6. The lowest BCUT2D eigenvalue weighted by molar-refractivity contribution is -0.129. The predicted molar refractivity (Wildman–Crippen MR) is 96.0 cm³/mol. The van der Waals surface area contributed by atoms with Gasteiger partial charge in [0.25, 0.3) is 0 Å². The van der Waals surface area contributed by atoms with Gasteiger partial charge in [-0.25, -0.2) is 9.79 Å². The highest BCUT2D eigenvalue weighted by molar-refractivity contribution is 6.30. The van der Waals surface area contributed by atoms with E-state index in [-0.39, 0.29) is 5.70 Å². The second kappa shape index (κ2) is 5.95. The quantitative estimate of drug-likeness (QED) is 0.497. The predicted octanol–water partition coefficient (Wildman–Crippen LogP) is 4.84. The zero-order valence-electron chi connectivity index (χ0n) is 12.6. The number of aliphatic imine (C=N–C) groups is 1. The van der Waals surface area contributed by atoms with E-state index in [4.69, 9.17) is 16.3 Å². The van der Waals surface area contributed by atoms with Gasteiger partial charge in [-0.05, 0) is 52.7 Å². The Kier molecular flexibility index (Phi) is 3.63. The lowest BCUT2D eigenvalue weighted by Crippen LogP contribution is -2.05. The third-order valence-electron chi connectivity index (χ3n) is 3.79. The fourth-order valence-corrected chi connectivity index (χ4v) is 2.71. The maximum atomic E-state index is 12.1. The maximum Gasteiger partial charge on any atom is 0.363 e. The maximum absolute atomic E-state index is 12.1. The van der Waals surface area contributed by atoms with Crippen molar-refractivity contribution in [2.45, 2.75) is 0 Å². The van der Waals surface area contributed by atoms with Crippen LogP contribution in [0.2, 0.25) is 5.02 Å². The number of hydrogen-bond donors (Lipinski definition) is 0. The SMILES string of the molecule is O=C1OC(c2ccc(Cl)cc2)=N/C1=C\c1ccc2ccccc2c1. The van der Waals surface area contributed by atoms with Crippen molar-refractivity contribution in [1.82, 2.24) is 0 Å². The molecule has 4 rings (SSSR count). The minimum Gasteiger partial charge on any atom is -0.402 e. The summed E-state index contributed by atoms with van der Waals surface area (Å²) >= 11 is 5.87. The van der Waals surface area contributed by atoms with Crippen molar-refractivity contribution in [2.24, 2.45) is 4.99 Å². The first kappa shape index (κ1) is 14.7. The van der Waals surface area contributed by atoms with E-state index in [2.05, 4.69) is 4.99 Å². The third-order valence-corrected chi connectivity index (χ3v) is 4.04. The summed E-state index contributed by atoms with van der Waals surface area (Å²) < 4.78 is 5.26. The van der Waals surface area contributed by atoms with Gasteiger partial charge in [0.2, 0.25) is 5.90 Å². The zero-order chi connectivity index (χ0) is 16.5. The Hall–Kier alpha value is -2.91. The molecule has 4 heteroatoms. The van der Waals surface area contributed by atoms with Crippen molar-refractivity contribution < 1.29 is 9.53 Å². The van der Waals surface area contributed by atoms with Crippen LogP contribution in [0.1, 0.15) is 11.1 Å². The van der Waals surface area contributed by atoms with E-state index in [0.717, 1.165) is 21.9 Å². The summed E-state index contributed by atoms with van der Waals surface area (Å²) in [6.45, 7) is 0. The number of benzene rings is 3. The van der Waals surface area contributed by atoms with Crippen molar-refractivity contribution in [1.29, 1.82) is 0 Å².